The SMILES string of the molecule is CC(C)(C)C1CCCN(c2ncccc2CBr)CC1. The van der Waals surface area contributed by atoms with Crippen molar-refractivity contribution in [1.29, 1.82) is 0 Å². The Kier molecular flexibility index (Phi) is 4.88. The van der Waals surface area contributed by atoms with Gasteiger partial charge in [0.05, 0.1) is 0 Å². The number of pyridine rings is 1. The summed E-state index contributed by atoms with van der Waals surface area (Å²) >= 11 is 3.57. The van der Waals surface area contributed by atoms with Crippen LogP contribution in [0.15, 0.2) is 18.3 Å². The van der Waals surface area contributed by atoms with Gasteiger partial charge in [0.1, 0.15) is 5.82 Å². The van der Waals surface area contributed by atoms with Crippen molar-refractivity contribution in [1.82, 2.24) is 4.98 Å². The Balaban J connectivity index is 2.11. The third-order valence-electron chi connectivity index (χ3n) is 4.26. The molecule has 19 heavy (non-hydrogen) atoms. The summed E-state index contributed by atoms with van der Waals surface area (Å²) in [7, 11) is 0. The van der Waals surface area contributed by atoms with Gasteiger partial charge in [0.2, 0.25) is 0 Å². The van der Waals surface area contributed by atoms with Crippen molar-refractivity contribution >= 4 is 21.7 Å². The van der Waals surface area contributed by atoms with Crippen LogP contribution < -0.4 is 4.90 Å². The van der Waals surface area contributed by atoms with E-state index in [0.29, 0.717) is 5.41 Å². The Bertz CT molecular complexity index is 411. The van der Waals surface area contributed by atoms with Crippen LogP contribution >= 0.6 is 15.9 Å². The maximum absolute atomic E-state index is 4.60. The van der Waals surface area contributed by atoms with Gasteiger partial charge in [-0.05, 0) is 36.7 Å². The number of anilines is 1. The van der Waals surface area contributed by atoms with Crippen LogP contribution in [0, 0.1) is 11.3 Å². The molecular weight excluding hydrogens is 300 g/mol. The van der Waals surface area contributed by atoms with E-state index in [2.05, 4.69) is 52.7 Å². The Labute approximate surface area is 125 Å². The molecule has 0 bridgehead atoms. The summed E-state index contributed by atoms with van der Waals surface area (Å²) in [6.07, 6.45) is 5.81. The molecule has 0 radical (unpaired) electrons. The van der Waals surface area contributed by atoms with E-state index in [1.54, 1.807) is 0 Å². The summed E-state index contributed by atoms with van der Waals surface area (Å²) < 4.78 is 0. The Morgan fingerprint density at radius 2 is 2.11 bits per heavy atom. The number of nitrogens with zero attached hydrogens (tertiary/aromatic N) is 2. The van der Waals surface area contributed by atoms with E-state index < -0.39 is 0 Å². The van der Waals surface area contributed by atoms with Crippen molar-refractivity contribution in [3.63, 3.8) is 0 Å². The molecule has 1 aliphatic heterocycles. The first-order valence-corrected chi connectivity index (χ1v) is 8.39. The fourth-order valence-corrected chi connectivity index (χ4v) is 3.43. The Hall–Kier alpha value is -0.570. The van der Waals surface area contributed by atoms with E-state index in [1.807, 2.05) is 12.3 Å². The van der Waals surface area contributed by atoms with Crippen molar-refractivity contribution in [2.24, 2.45) is 11.3 Å². The molecule has 2 nitrogen and oxygen atoms in total. The lowest BCUT2D eigenvalue weighted by atomic mass is 9.77. The zero-order valence-electron chi connectivity index (χ0n) is 12.3. The second-order valence-electron chi connectivity index (χ2n) is 6.60. The molecule has 106 valence electrons. The molecule has 1 aliphatic rings. The van der Waals surface area contributed by atoms with Crippen molar-refractivity contribution < 1.29 is 0 Å². The molecule has 1 aromatic heterocycles. The van der Waals surface area contributed by atoms with Crippen LogP contribution in [0.2, 0.25) is 0 Å². The minimum Gasteiger partial charge on any atom is -0.356 e. The first-order valence-electron chi connectivity index (χ1n) is 7.27. The molecule has 1 unspecified atom stereocenters. The van der Waals surface area contributed by atoms with Crippen molar-refractivity contribution in [2.75, 3.05) is 18.0 Å². The minimum absolute atomic E-state index is 0.429. The molecule has 1 atom stereocenters. The van der Waals surface area contributed by atoms with Gasteiger partial charge in [-0.2, -0.15) is 0 Å². The average Bonchev–Trinajstić information content (AvgIpc) is 2.64. The van der Waals surface area contributed by atoms with Crippen LogP contribution in [0.1, 0.15) is 45.6 Å². The molecule has 0 N–H and O–H groups in total. The van der Waals surface area contributed by atoms with E-state index >= 15 is 0 Å². The summed E-state index contributed by atoms with van der Waals surface area (Å²) in [5, 5.41) is 0.884. The first kappa shape index (κ1) is 14.8. The van der Waals surface area contributed by atoms with Crippen LogP contribution in [0.4, 0.5) is 5.82 Å². The van der Waals surface area contributed by atoms with E-state index in [4.69, 9.17) is 0 Å². The maximum Gasteiger partial charge on any atom is 0.132 e. The predicted molar refractivity (Wildman–Crippen MR) is 85.9 cm³/mol. The van der Waals surface area contributed by atoms with Crippen LogP contribution in [-0.4, -0.2) is 18.1 Å². The summed E-state index contributed by atoms with van der Waals surface area (Å²) in [4.78, 5) is 7.07. The largest absolute Gasteiger partial charge is 0.356 e. The van der Waals surface area contributed by atoms with Gasteiger partial charge in [0, 0.05) is 30.2 Å². The van der Waals surface area contributed by atoms with Crippen molar-refractivity contribution in [3.05, 3.63) is 23.9 Å². The molecular formula is C16H25BrN2. The van der Waals surface area contributed by atoms with Gasteiger partial charge in [-0.3, -0.25) is 0 Å². The zero-order chi connectivity index (χ0) is 13.9. The molecule has 2 rings (SSSR count). The predicted octanol–water partition coefficient (Wildman–Crippen LogP) is 4.63. The van der Waals surface area contributed by atoms with Crippen LogP contribution in [0.3, 0.4) is 0 Å². The third kappa shape index (κ3) is 3.71. The van der Waals surface area contributed by atoms with Crippen LogP contribution in [-0.2, 0) is 5.33 Å². The normalized spacial score (nSPS) is 21.3. The highest BCUT2D eigenvalue weighted by atomic mass is 79.9. The monoisotopic (exact) mass is 324 g/mol. The topological polar surface area (TPSA) is 16.1 Å². The van der Waals surface area contributed by atoms with E-state index in [9.17, 15) is 0 Å². The van der Waals surface area contributed by atoms with E-state index in [0.717, 1.165) is 24.3 Å². The molecule has 1 saturated heterocycles. The van der Waals surface area contributed by atoms with Gasteiger partial charge < -0.3 is 4.90 Å². The first-order chi connectivity index (χ1) is 9.02. The summed E-state index contributed by atoms with van der Waals surface area (Å²) in [6, 6.07) is 4.19. The summed E-state index contributed by atoms with van der Waals surface area (Å²) in [5.41, 5.74) is 1.73. The number of halogens is 1. The standard InChI is InChI=1S/C16H25BrN2/c1-16(2,3)14-7-5-10-19(11-8-14)15-13(12-17)6-4-9-18-15/h4,6,9,14H,5,7-8,10-12H2,1-3H3. The van der Waals surface area contributed by atoms with Crippen LogP contribution in [0.25, 0.3) is 0 Å². The van der Waals surface area contributed by atoms with Gasteiger partial charge in [0.15, 0.2) is 0 Å². The smallest absolute Gasteiger partial charge is 0.132 e. The van der Waals surface area contributed by atoms with Gasteiger partial charge in [-0.1, -0.05) is 42.8 Å². The van der Waals surface area contributed by atoms with Crippen LogP contribution in [0.5, 0.6) is 0 Å². The Morgan fingerprint density at radius 1 is 1.32 bits per heavy atom. The molecule has 1 aromatic rings. The highest BCUT2D eigenvalue weighted by Gasteiger charge is 2.27. The number of hydrogen-bond donors (Lipinski definition) is 0. The van der Waals surface area contributed by atoms with E-state index in [1.165, 1.54) is 30.6 Å². The minimum atomic E-state index is 0.429. The highest BCUT2D eigenvalue weighted by Crippen LogP contribution is 2.35. The lowest BCUT2D eigenvalue weighted by Gasteiger charge is -2.30. The van der Waals surface area contributed by atoms with Crippen molar-refractivity contribution in [3.8, 4) is 0 Å². The summed E-state index contributed by atoms with van der Waals surface area (Å²) in [6.45, 7) is 9.40. The molecule has 0 amide bonds. The number of rotatable bonds is 2. The fourth-order valence-electron chi connectivity index (χ4n) is 2.99. The third-order valence-corrected chi connectivity index (χ3v) is 4.87. The maximum atomic E-state index is 4.60. The van der Waals surface area contributed by atoms with Gasteiger partial charge >= 0.3 is 0 Å². The lowest BCUT2D eigenvalue weighted by Crippen LogP contribution is -2.27. The highest BCUT2D eigenvalue weighted by molar-refractivity contribution is 9.08. The van der Waals surface area contributed by atoms with Gasteiger partial charge in [-0.25, -0.2) is 4.98 Å². The molecule has 0 saturated carbocycles. The lowest BCUT2D eigenvalue weighted by molar-refractivity contribution is 0.220. The molecule has 0 aromatic carbocycles. The molecule has 1 fully saturated rings. The zero-order valence-corrected chi connectivity index (χ0v) is 13.9. The van der Waals surface area contributed by atoms with Crippen molar-refractivity contribution in [2.45, 2.75) is 45.4 Å². The summed E-state index contributed by atoms with van der Waals surface area (Å²) in [5.74, 6) is 2.00. The molecule has 0 aliphatic carbocycles. The second-order valence-corrected chi connectivity index (χ2v) is 7.16. The number of hydrogen-bond acceptors (Lipinski definition) is 2. The van der Waals surface area contributed by atoms with Gasteiger partial charge in [0.25, 0.3) is 0 Å². The quantitative estimate of drug-likeness (QED) is 0.737. The van der Waals surface area contributed by atoms with Gasteiger partial charge in [-0.15, -0.1) is 0 Å². The number of aromatic nitrogens is 1. The molecule has 3 heteroatoms. The molecule has 2 heterocycles. The Morgan fingerprint density at radius 3 is 2.79 bits per heavy atom. The average molecular weight is 325 g/mol. The van der Waals surface area contributed by atoms with E-state index in [-0.39, 0.29) is 0 Å². The number of alkyl halides is 1. The molecule has 0 spiro atoms. The second kappa shape index (κ2) is 6.25. The fraction of sp³-hybridized carbons (Fsp3) is 0.688.